The molecule has 0 N–H and O–H groups in total. The van der Waals surface area contributed by atoms with Crippen molar-refractivity contribution in [2.75, 3.05) is 0 Å². The molecule has 0 heterocycles. The molecular weight excluding hydrogens is 284 g/mol. The molecule has 0 aliphatic heterocycles. The van der Waals surface area contributed by atoms with Crippen molar-refractivity contribution in [1.29, 1.82) is 0 Å². The van der Waals surface area contributed by atoms with E-state index in [1.165, 1.54) is 52.9 Å². The molecule has 0 saturated heterocycles. The van der Waals surface area contributed by atoms with Gasteiger partial charge in [0.2, 0.25) is 0 Å². The minimum absolute atomic E-state index is 0.805. The standard InChI is InChI=1S/C21H28S/c1-5-8-17(3)21(22-20-9-6-7-10-20)14-13-19-12-11-16(2)18(4)15-19/h5,8,11-12,14-15,20H,1,6-7,9-10,13H2,2-4H3/b17-8-,21-14+. The average molecular weight is 313 g/mol. The SMILES string of the molecule is C=C/C=C(C)\C(=C/Cc1ccc(C)c(C)c1)SC1CCCC1. The lowest BCUT2D eigenvalue weighted by molar-refractivity contribution is 0.886. The summed E-state index contributed by atoms with van der Waals surface area (Å²) in [5, 5.41) is 0.805. The number of thioether (sulfide) groups is 1. The van der Waals surface area contributed by atoms with Crippen molar-refractivity contribution in [2.45, 2.75) is 58.1 Å². The smallest absolute Gasteiger partial charge is 0.00943 e. The van der Waals surface area contributed by atoms with Gasteiger partial charge in [0.25, 0.3) is 0 Å². The highest BCUT2D eigenvalue weighted by molar-refractivity contribution is 8.03. The molecule has 0 amide bonds. The van der Waals surface area contributed by atoms with E-state index in [2.05, 4.69) is 69.5 Å². The number of hydrogen-bond acceptors (Lipinski definition) is 1. The van der Waals surface area contributed by atoms with Gasteiger partial charge in [-0.3, -0.25) is 0 Å². The molecule has 0 radical (unpaired) electrons. The molecule has 1 aliphatic carbocycles. The summed E-state index contributed by atoms with van der Waals surface area (Å²) < 4.78 is 0. The van der Waals surface area contributed by atoms with Gasteiger partial charge in [0.1, 0.15) is 0 Å². The summed E-state index contributed by atoms with van der Waals surface area (Å²) in [5.74, 6) is 0. The minimum Gasteiger partial charge on any atom is -0.123 e. The molecular formula is C21H28S. The molecule has 1 saturated carbocycles. The van der Waals surface area contributed by atoms with Crippen LogP contribution in [0.5, 0.6) is 0 Å². The zero-order valence-electron chi connectivity index (χ0n) is 14.2. The fourth-order valence-corrected chi connectivity index (χ4v) is 4.25. The summed E-state index contributed by atoms with van der Waals surface area (Å²) in [5.41, 5.74) is 5.50. The third-order valence-electron chi connectivity index (χ3n) is 4.45. The molecule has 0 atom stereocenters. The van der Waals surface area contributed by atoms with Gasteiger partial charge in [-0.1, -0.05) is 55.8 Å². The van der Waals surface area contributed by atoms with Crippen LogP contribution in [0.15, 0.2) is 53.5 Å². The van der Waals surface area contributed by atoms with E-state index in [9.17, 15) is 0 Å². The van der Waals surface area contributed by atoms with Crippen molar-refractivity contribution in [3.8, 4) is 0 Å². The van der Waals surface area contributed by atoms with E-state index < -0.39 is 0 Å². The molecule has 1 aromatic rings. The highest BCUT2D eigenvalue weighted by atomic mass is 32.2. The van der Waals surface area contributed by atoms with Gasteiger partial charge in [-0.05, 0) is 62.3 Å². The second-order valence-electron chi connectivity index (χ2n) is 6.30. The van der Waals surface area contributed by atoms with Crippen LogP contribution in [0.25, 0.3) is 0 Å². The highest BCUT2D eigenvalue weighted by Gasteiger charge is 2.17. The highest BCUT2D eigenvalue weighted by Crippen LogP contribution is 2.37. The third kappa shape index (κ3) is 4.91. The quantitative estimate of drug-likeness (QED) is 0.537. The fraction of sp³-hybridized carbons (Fsp3) is 0.429. The Kier molecular flexibility index (Phi) is 6.57. The monoisotopic (exact) mass is 312 g/mol. The molecule has 0 bridgehead atoms. The van der Waals surface area contributed by atoms with Crippen molar-refractivity contribution in [2.24, 2.45) is 0 Å². The number of benzene rings is 1. The first-order valence-corrected chi connectivity index (χ1v) is 9.20. The van der Waals surface area contributed by atoms with Crippen LogP contribution in [-0.4, -0.2) is 5.25 Å². The lowest BCUT2D eigenvalue weighted by Crippen LogP contribution is -1.96. The third-order valence-corrected chi connectivity index (χ3v) is 5.99. The van der Waals surface area contributed by atoms with Gasteiger partial charge in [0.05, 0.1) is 0 Å². The van der Waals surface area contributed by atoms with Gasteiger partial charge in [-0.25, -0.2) is 0 Å². The normalized spacial score (nSPS) is 17.0. The first kappa shape index (κ1) is 17.1. The Morgan fingerprint density at radius 1 is 1.23 bits per heavy atom. The molecule has 1 heteroatoms. The van der Waals surface area contributed by atoms with Gasteiger partial charge >= 0.3 is 0 Å². The Balaban J connectivity index is 2.13. The Labute approximate surface area is 140 Å². The predicted molar refractivity (Wildman–Crippen MR) is 102 cm³/mol. The van der Waals surface area contributed by atoms with Gasteiger partial charge in [-0.15, -0.1) is 11.8 Å². The van der Waals surface area contributed by atoms with E-state index in [1.807, 2.05) is 6.08 Å². The van der Waals surface area contributed by atoms with Crippen LogP contribution in [0.4, 0.5) is 0 Å². The van der Waals surface area contributed by atoms with Crippen LogP contribution >= 0.6 is 11.8 Å². The van der Waals surface area contributed by atoms with Crippen LogP contribution in [0.2, 0.25) is 0 Å². The van der Waals surface area contributed by atoms with Crippen LogP contribution in [0.3, 0.4) is 0 Å². The largest absolute Gasteiger partial charge is 0.123 e. The molecule has 0 unspecified atom stereocenters. The lowest BCUT2D eigenvalue weighted by Gasteiger charge is -2.13. The average Bonchev–Trinajstić information content (AvgIpc) is 3.00. The van der Waals surface area contributed by atoms with Gasteiger partial charge in [0.15, 0.2) is 0 Å². The van der Waals surface area contributed by atoms with E-state index in [4.69, 9.17) is 0 Å². The number of hydrogen-bond donors (Lipinski definition) is 0. The topological polar surface area (TPSA) is 0 Å². The van der Waals surface area contributed by atoms with Crippen molar-refractivity contribution < 1.29 is 0 Å². The summed E-state index contributed by atoms with van der Waals surface area (Å²) in [4.78, 5) is 1.44. The number of allylic oxidation sites excluding steroid dienone is 4. The summed E-state index contributed by atoms with van der Waals surface area (Å²) in [6, 6.07) is 6.80. The molecule has 0 spiro atoms. The second-order valence-corrected chi connectivity index (χ2v) is 7.64. The minimum atomic E-state index is 0.805. The molecule has 1 aromatic carbocycles. The predicted octanol–water partition coefficient (Wildman–Crippen LogP) is 6.54. The maximum atomic E-state index is 3.84. The molecule has 118 valence electrons. The first-order chi connectivity index (χ1) is 10.6. The molecule has 1 aliphatic rings. The zero-order valence-corrected chi connectivity index (χ0v) is 15.0. The van der Waals surface area contributed by atoms with Gasteiger partial charge in [-0.2, -0.15) is 0 Å². The number of rotatable bonds is 6. The molecule has 22 heavy (non-hydrogen) atoms. The zero-order chi connectivity index (χ0) is 15.9. The van der Waals surface area contributed by atoms with E-state index >= 15 is 0 Å². The van der Waals surface area contributed by atoms with Gasteiger partial charge in [0, 0.05) is 10.2 Å². The number of aryl methyl sites for hydroxylation is 2. The van der Waals surface area contributed by atoms with Crippen LogP contribution < -0.4 is 0 Å². The van der Waals surface area contributed by atoms with Crippen molar-refractivity contribution in [1.82, 2.24) is 0 Å². The van der Waals surface area contributed by atoms with E-state index in [0.717, 1.165) is 11.7 Å². The van der Waals surface area contributed by atoms with Crippen LogP contribution in [0.1, 0.15) is 49.3 Å². The Bertz CT molecular complexity index is 572. The maximum Gasteiger partial charge on any atom is 0.00943 e. The van der Waals surface area contributed by atoms with Crippen LogP contribution in [-0.2, 0) is 6.42 Å². The van der Waals surface area contributed by atoms with Crippen molar-refractivity contribution in [3.63, 3.8) is 0 Å². The summed E-state index contributed by atoms with van der Waals surface area (Å²) in [6.07, 6.45) is 13.0. The maximum absolute atomic E-state index is 3.84. The van der Waals surface area contributed by atoms with Gasteiger partial charge < -0.3 is 0 Å². The molecule has 1 fully saturated rings. The van der Waals surface area contributed by atoms with Crippen molar-refractivity contribution >= 4 is 11.8 Å². The lowest BCUT2D eigenvalue weighted by atomic mass is 10.0. The molecule has 0 nitrogen and oxygen atoms in total. The Morgan fingerprint density at radius 2 is 1.95 bits per heavy atom. The molecule has 0 aromatic heterocycles. The fourth-order valence-electron chi connectivity index (χ4n) is 2.89. The van der Waals surface area contributed by atoms with E-state index in [1.54, 1.807) is 0 Å². The summed E-state index contributed by atoms with van der Waals surface area (Å²) in [7, 11) is 0. The van der Waals surface area contributed by atoms with E-state index in [-0.39, 0.29) is 0 Å². The Hall–Kier alpha value is -1.21. The summed E-state index contributed by atoms with van der Waals surface area (Å²) >= 11 is 2.07. The second kappa shape index (κ2) is 8.43. The van der Waals surface area contributed by atoms with Crippen molar-refractivity contribution in [3.05, 3.63) is 70.2 Å². The van der Waals surface area contributed by atoms with E-state index in [0.29, 0.717) is 0 Å². The van der Waals surface area contributed by atoms with Crippen LogP contribution in [0, 0.1) is 13.8 Å². The first-order valence-electron chi connectivity index (χ1n) is 8.33. The summed E-state index contributed by atoms with van der Waals surface area (Å²) in [6.45, 7) is 10.4. The molecule has 2 rings (SSSR count). The Morgan fingerprint density at radius 3 is 2.59 bits per heavy atom.